The first-order chi connectivity index (χ1) is 11.7. The lowest BCUT2D eigenvalue weighted by Crippen LogP contribution is -2.44. The maximum absolute atomic E-state index is 12.4. The number of ketones is 1. The van der Waals surface area contributed by atoms with Gasteiger partial charge in [0, 0.05) is 23.9 Å². The zero-order chi connectivity index (χ0) is 16.6. The molecule has 0 aromatic heterocycles. The van der Waals surface area contributed by atoms with Gasteiger partial charge in [0.25, 0.3) is 0 Å². The Morgan fingerprint density at radius 2 is 2.04 bits per heavy atom. The SMILES string of the molecule is CC[C@@H](CN1CCC2(CC1)CC(=O)c1ccccc12)[C@H]1C=CCC1. The summed E-state index contributed by atoms with van der Waals surface area (Å²) in [5, 5.41) is 0. The number of likely N-dealkylation sites (tertiary alicyclic amines) is 1. The highest BCUT2D eigenvalue weighted by atomic mass is 16.1. The topological polar surface area (TPSA) is 20.3 Å². The van der Waals surface area contributed by atoms with Gasteiger partial charge in [0.15, 0.2) is 5.78 Å². The molecule has 128 valence electrons. The number of carbonyl (C=O) groups is 1. The van der Waals surface area contributed by atoms with Crippen LogP contribution in [-0.2, 0) is 5.41 Å². The van der Waals surface area contributed by atoms with E-state index < -0.39 is 0 Å². The molecular weight excluding hydrogens is 294 g/mol. The summed E-state index contributed by atoms with van der Waals surface area (Å²) < 4.78 is 0. The molecule has 0 radical (unpaired) electrons. The largest absolute Gasteiger partial charge is 0.303 e. The molecule has 0 N–H and O–H groups in total. The van der Waals surface area contributed by atoms with E-state index in [0.717, 1.165) is 49.8 Å². The zero-order valence-corrected chi connectivity index (χ0v) is 14.8. The van der Waals surface area contributed by atoms with Crippen LogP contribution in [0, 0.1) is 11.8 Å². The molecule has 2 atom stereocenters. The molecular formula is C22H29NO. The van der Waals surface area contributed by atoms with Crippen LogP contribution in [0.3, 0.4) is 0 Å². The van der Waals surface area contributed by atoms with Gasteiger partial charge in [-0.25, -0.2) is 0 Å². The van der Waals surface area contributed by atoms with Crippen LogP contribution in [0.1, 0.15) is 61.4 Å². The molecule has 0 unspecified atom stereocenters. The molecule has 24 heavy (non-hydrogen) atoms. The number of carbonyl (C=O) groups excluding carboxylic acids is 1. The van der Waals surface area contributed by atoms with Crippen molar-refractivity contribution < 1.29 is 4.79 Å². The van der Waals surface area contributed by atoms with Crippen LogP contribution in [0.25, 0.3) is 0 Å². The van der Waals surface area contributed by atoms with E-state index in [2.05, 4.69) is 36.1 Å². The second-order valence-electron chi connectivity index (χ2n) is 8.06. The van der Waals surface area contributed by atoms with Gasteiger partial charge < -0.3 is 4.90 Å². The monoisotopic (exact) mass is 323 g/mol. The zero-order valence-electron chi connectivity index (χ0n) is 14.8. The average molecular weight is 323 g/mol. The molecule has 2 nitrogen and oxygen atoms in total. The standard InChI is InChI=1S/C22H29NO/c1-2-17(18-7-3-4-8-18)16-23-13-11-22(12-14-23)15-21(24)19-9-5-6-10-20(19)22/h3,5-7,9-10,17-18H,2,4,8,11-16H2,1H3/t17-,18-/m0/s1. The molecule has 1 saturated heterocycles. The number of Topliss-reactive ketones (excluding diaryl/α,β-unsaturated/α-hetero) is 1. The molecule has 4 rings (SSSR count). The van der Waals surface area contributed by atoms with Gasteiger partial charge >= 0.3 is 0 Å². The predicted molar refractivity (Wildman–Crippen MR) is 98.4 cm³/mol. The van der Waals surface area contributed by atoms with Gasteiger partial charge in [-0.3, -0.25) is 4.79 Å². The maximum atomic E-state index is 12.4. The van der Waals surface area contributed by atoms with E-state index >= 15 is 0 Å². The van der Waals surface area contributed by atoms with Crippen molar-refractivity contribution in [3.63, 3.8) is 0 Å². The van der Waals surface area contributed by atoms with Crippen LogP contribution in [-0.4, -0.2) is 30.3 Å². The normalized spacial score (nSPS) is 26.9. The first kappa shape index (κ1) is 16.1. The first-order valence-electron chi connectivity index (χ1n) is 9.73. The Balaban J connectivity index is 1.42. The molecule has 1 fully saturated rings. The molecule has 1 aromatic rings. The number of hydrogen-bond acceptors (Lipinski definition) is 2. The van der Waals surface area contributed by atoms with E-state index in [1.54, 1.807) is 0 Å². The van der Waals surface area contributed by atoms with Crippen molar-refractivity contribution >= 4 is 5.78 Å². The van der Waals surface area contributed by atoms with Gasteiger partial charge in [-0.05, 0) is 56.2 Å². The third kappa shape index (κ3) is 2.75. The highest BCUT2D eigenvalue weighted by Gasteiger charge is 2.45. The van der Waals surface area contributed by atoms with Gasteiger partial charge in [0.05, 0.1) is 0 Å². The fraction of sp³-hybridized carbons (Fsp3) is 0.591. The Morgan fingerprint density at radius 1 is 1.25 bits per heavy atom. The van der Waals surface area contributed by atoms with E-state index in [1.165, 1.54) is 31.4 Å². The minimum atomic E-state index is 0.138. The molecule has 1 heterocycles. The summed E-state index contributed by atoms with van der Waals surface area (Å²) in [5.41, 5.74) is 2.47. The molecule has 0 amide bonds. The highest BCUT2D eigenvalue weighted by Crippen LogP contribution is 2.46. The minimum absolute atomic E-state index is 0.138. The molecule has 2 aliphatic carbocycles. The summed E-state index contributed by atoms with van der Waals surface area (Å²) in [4.78, 5) is 15.1. The molecule has 3 aliphatic rings. The second kappa shape index (κ2) is 6.48. The predicted octanol–water partition coefficient (Wildman–Crippen LogP) is 4.60. The molecule has 0 saturated carbocycles. The quantitative estimate of drug-likeness (QED) is 0.755. The third-order valence-electron chi connectivity index (χ3n) is 6.78. The molecule has 2 heteroatoms. The van der Waals surface area contributed by atoms with Crippen molar-refractivity contribution in [1.82, 2.24) is 4.90 Å². The Bertz CT molecular complexity index is 639. The van der Waals surface area contributed by atoms with Crippen LogP contribution in [0.5, 0.6) is 0 Å². The molecule has 1 aromatic carbocycles. The Morgan fingerprint density at radius 3 is 2.75 bits per heavy atom. The van der Waals surface area contributed by atoms with Crippen LogP contribution in [0.4, 0.5) is 0 Å². The second-order valence-corrected chi connectivity index (χ2v) is 8.06. The fourth-order valence-corrected chi connectivity index (χ4v) is 5.24. The summed E-state index contributed by atoms with van der Waals surface area (Å²) >= 11 is 0. The lowest BCUT2D eigenvalue weighted by atomic mass is 9.73. The van der Waals surface area contributed by atoms with Crippen molar-refractivity contribution in [1.29, 1.82) is 0 Å². The fourth-order valence-electron chi connectivity index (χ4n) is 5.24. The summed E-state index contributed by atoms with van der Waals surface area (Å²) in [6.45, 7) is 5.87. The van der Waals surface area contributed by atoms with Gasteiger partial charge in [0.1, 0.15) is 0 Å². The van der Waals surface area contributed by atoms with Crippen LogP contribution in [0.2, 0.25) is 0 Å². The highest BCUT2D eigenvalue weighted by molar-refractivity contribution is 6.02. The molecule has 0 bridgehead atoms. The van der Waals surface area contributed by atoms with Crippen molar-refractivity contribution in [2.24, 2.45) is 11.8 Å². The van der Waals surface area contributed by atoms with Crippen molar-refractivity contribution in [3.05, 3.63) is 47.5 Å². The van der Waals surface area contributed by atoms with Gasteiger partial charge in [-0.1, -0.05) is 49.8 Å². The molecule has 1 aliphatic heterocycles. The van der Waals surface area contributed by atoms with Crippen molar-refractivity contribution in [3.8, 4) is 0 Å². The summed E-state index contributed by atoms with van der Waals surface area (Å²) in [6.07, 6.45) is 11.7. The summed E-state index contributed by atoms with van der Waals surface area (Å²) in [5.74, 6) is 1.96. The van der Waals surface area contributed by atoms with Crippen LogP contribution >= 0.6 is 0 Å². The number of rotatable bonds is 4. The molecule has 1 spiro atoms. The van der Waals surface area contributed by atoms with Gasteiger partial charge in [-0.15, -0.1) is 0 Å². The van der Waals surface area contributed by atoms with Crippen LogP contribution < -0.4 is 0 Å². The number of hydrogen-bond donors (Lipinski definition) is 0. The Labute approximate surface area is 145 Å². The third-order valence-corrected chi connectivity index (χ3v) is 6.78. The Hall–Kier alpha value is -1.41. The minimum Gasteiger partial charge on any atom is -0.303 e. The number of nitrogens with zero attached hydrogens (tertiary/aromatic N) is 1. The van der Waals surface area contributed by atoms with Gasteiger partial charge in [0.2, 0.25) is 0 Å². The van der Waals surface area contributed by atoms with Gasteiger partial charge in [-0.2, -0.15) is 0 Å². The van der Waals surface area contributed by atoms with E-state index in [4.69, 9.17) is 0 Å². The number of piperidine rings is 1. The van der Waals surface area contributed by atoms with E-state index in [9.17, 15) is 4.79 Å². The van der Waals surface area contributed by atoms with Crippen LogP contribution in [0.15, 0.2) is 36.4 Å². The summed E-state index contributed by atoms with van der Waals surface area (Å²) in [6, 6.07) is 8.34. The van der Waals surface area contributed by atoms with Crippen molar-refractivity contribution in [2.45, 2.75) is 50.9 Å². The average Bonchev–Trinajstić information content (AvgIpc) is 3.23. The number of fused-ring (bicyclic) bond motifs is 2. The van der Waals surface area contributed by atoms with E-state index in [1.807, 2.05) is 12.1 Å². The lowest BCUT2D eigenvalue weighted by molar-refractivity contribution is 0.0913. The summed E-state index contributed by atoms with van der Waals surface area (Å²) in [7, 11) is 0. The number of benzene rings is 1. The lowest BCUT2D eigenvalue weighted by Gasteiger charge is -2.41. The first-order valence-corrected chi connectivity index (χ1v) is 9.73. The van der Waals surface area contributed by atoms with Crippen molar-refractivity contribution in [2.75, 3.05) is 19.6 Å². The van der Waals surface area contributed by atoms with E-state index in [-0.39, 0.29) is 5.41 Å². The van der Waals surface area contributed by atoms with E-state index in [0.29, 0.717) is 5.78 Å². The number of allylic oxidation sites excluding steroid dienone is 2. The Kier molecular flexibility index (Phi) is 4.34. The smallest absolute Gasteiger partial charge is 0.164 e. The maximum Gasteiger partial charge on any atom is 0.164 e.